The molecule has 4 fully saturated rings. The van der Waals surface area contributed by atoms with Crippen molar-refractivity contribution in [3.8, 4) is 0 Å². The van der Waals surface area contributed by atoms with Crippen molar-refractivity contribution >= 4 is 10.9 Å². The molecule has 6 rings (SSSR count). The molecule has 0 aliphatic heterocycles. The molecule has 0 amide bonds. The second-order valence-corrected chi connectivity index (χ2v) is 8.74. The van der Waals surface area contributed by atoms with Crippen LogP contribution in [0.3, 0.4) is 0 Å². The Morgan fingerprint density at radius 2 is 1.74 bits per heavy atom. The van der Waals surface area contributed by atoms with E-state index in [0.29, 0.717) is 11.5 Å². The third kappa shape index (κ3) is 2.26. The van der Waals surface area contributed by atoms with Crippen molar-refractivity contribution < 1.29 is 0 Å². The van der Waals surface area contributed by atoms with Crippen LogP contribution in [0.15, 0.2) is 30.5 Å². The Labute approximate surface area is 139 Å². The van der Waals surface area contributed by atoms with Crippen LogP contribution in [-0.4, -0.2) is 11.0 Å². The van der Waals surface area contributed by atoms with Gasteiger partial charge in [0.2, 0.25) is 0 Å². The molecular formula is C21H28N2. The molecule has 1 heterocycles. The predicted octanol–water partition coefficient (Wildman–Crippen LogP) is 4.86. The molecular weight excluding hydrogens is 280 g/mol. The predicted molar refractivity (Wildman–Crippen MR) is 95.2 cm³/mol. The van der Waals surface area contributed by atoms with Crippen LogP contribution < -0.4 is 5.32 Å². The first-order valence-corrected chi connectivity index (χ1v) is 9.50. The molecule has 122 valence electrons. The molecule has 1 unspecified atom stereocenters. The number of para-hydroxylation sites is 1. The van der Waals surface area contributed by atoms with Crippen LogP contribution in [0.5, 0.6) is 0 Å². The van der Waals surface area contributed by atoms with Gasteiger partial charge in [0.25, 0.3) is 0 Å². The van der Waals surface area contributed by atoms with Gasteiger partial charge in [0.1, 0.15) is 0 Å². The van der Waals surface area contributed by atoms with Gasteiger partial charge in [-0.1, -0.05) is 18.2 Å². The van der Waals surface area contributed by atoms with Crippen molar-refractivity contribution in [1.82, 2.24) is 10.3 Å². The zero-order chi connectivity index (χ0) is 15.4. The molecule has 2 aromatic rings. The summed E-state index contributed by atoms with van der Waals surface area (Å²) >= 11 is 0. The van der Waals surface area contributed by atoms with Gasteiger partial charge < -0.3 is 10.3 Å². The number of rotatable bonds is 4. The summed E-state index contributed by atoms with van der Waals surface area (Å²) in [7, 11) is 0. The number of aromatic amines is 1. The lowest BCUT2D eigenvalue weighted by atomic mass is 9.48. The van der Waals surface area contributed by atoms with Gasteiger partial charge in [-0.2, -0.15) is 0 Å². The van der Waals surface area contributed by atoms with E-state index in [9.17, 15) is 0 Å². The fourth-order valence-corrected chi connectivity index (χ4v) is 6.47. The van der Waals surface area contributed by atoms with E-state index >= 15 is 0 Å². The van der Waals surface area contributed by atoms with Crippen LogP contribution in [0.4, 0.5) is 0 Å². The average molecular weight is 308 g/mol. The maximum Gasteiger partial charge on any atom is 0.0457 e. The van der Waals surface area contributed by atoms with Crippen molar-refractivity contribution in [2.75, 3.05) is 0 Å². The zero-order valence-corrected chi connectivity index (χ0v) is 14.1. The molecule has 0 spiro atoms. The van der Waals surface area contributed by atoms with Gasteiger partial charge in [-0.05, 0) is 80.2 Å². The minimum absolute atomic E-state index is 0.598. The summed E-state index contributed by atoms with van der Waals surface area (Å²) in [4.78, 5) is 3.41. The monoisotopic (exact) mass is 308 g/mol. The highest BCUT2D eigenvalue weighted by atomic mass is 14.9. The largest absolute Gasteiger partial charge is 0.361 e. The fourth-order valence-electron chi connectivity index (χ4n) is 6.47. The SMILES string of the molecule is CC(NCc1c[nH]c2ccccc12)C12CC3CC(CC(C3)C1)C2. The lowest BCUT2D eigenvalue weighted by Crippen LogP contribution is -2.54. The van der Waals surface area contributed by atoms with E-state index in [2.05, 4.69) is 47.7 Å². The van der Waals surface area contributed by atoms with E-state index in [-0.39, 0.29) is 0 Å². The smallest absolute Gasteiger partial charge is 0.0457 e. The fraction of sp³-hybridized carbons (Fsp3) is 0.619. The van der Waals surface area contributed by atoms with Gasteiger partial charge in [0.05, 0.1) is 0 Å². The third-order valence-corrected chi connectivity index (χ3v) is 7.28. The second kappa shape index (κ2) is 5.11. The Morgan fingerprint density at radius 1 is 1.09 bits per heavy atom. The first-order chi connectivity index (χ1) is 11.2. The summed E-state index contributed by atoms with van der Waals surface area (Å²) in [5.74, 6) is 3.12. The zero-order valence-electron chi connectivity index (χ0n) is 14.1. The highest BCUT2D eigenvalue weighted by Crippen LogP contribution is 2.61. The molecule has 1 atom stereocenters. The Morgan fingerprint density at radius 3 is 2.43 bits per heavy atom. The lowest BCUT2D eigenvalue weighted by Gasteiger charge is -2.59. The summed E-state index contributed by atoms with van der Waals surface area (Å²) in [5.41, 5.74) is 3.27. The summed E-state index contributed by atoms with van der Waals surface area (Å²) in [6.45, 7) is 3.45. The van der Waals surface area contributed by atoms with Gasteiger partial charge in [0, 0.05) is 29.7 Å². The van der Waals surface area contributed by atoms with E-state index in [0.717, 1.165) is 24.3 Å². The Hall–Kier alpha value is -1.28. The molecule has 4 bridgehead atoms. The molecule has 23 heavy (non-hydrogen) atoms. The van der Waals surface area contributed by atoms with Gasteiger partial charge in [-0.25, -0.2) is 0 Å². The Kier molecular flexibility index (Phi) is 3.13. The number of H-pyrrole nitrogens is 1. The topological polar surface area (TPSA) is 27.8 Å². The number of hydrogen-bond acceptors (Lipinski definition) is 1. The normalized spacial score (nSPS) is 36.7. The van der Waals surface area contributed by atoms with Crippen LogP contribution in [0.2, 0.25) is 0 Å². The molecule has 4 aliphatic rings. The minimum Gasteiger partial charge on any atom is -0.361 e. The summed E-state index contributed by atoms with van der Waals surface area (Å²) < 4.78 is 0. The van der Waals surface area contributed by atoms with Crippen molar-refractivity contribution in [2.45, 2.75) is 58.0 Å². The summed E-state index contributed by atoms with van der Waals surface area (Å²) in [6, 6.07) is 9.29. The number of nitrogens with one attached hydrogen (secondary N) is 2. The first-order valence-electron chi connectivity index (χ1n) is 9.50. The summed E-state index contributed by atoms with van der Waals surface area (Å²) in [6.07, 6.45) is 11.3. The average Bonchev–Trinajstić information content (AvgIpc) is 2.94. The second-order valence-electron chi connectivity index (χ2n) is 8.74. The van der Waals surface area contributed by atoms with E-state index in [4.69, 9.17) is 0 Å². The number of benzene rings is 1. The minimum atomic E-state index is 0.598. The van der Waals surface area contributed by atoms with Crippen molar-refractivity contribution in [2.24, 2.45) is 23.2 Å². The van der Waals surface area contributed by atoms with Crippen LogP contribution in [0.25, 0.3) is 10.9 Å². The van der Waals surface area contributed by atoms with Gasteiger partial charge >= 0.3 is 0 Å². The number of fused-ring (bicyclic) bond motifs is 1. The van der Waals surface area contributed by atoms with Crippen LogP contribution in [-0.2, 0) is 6.54 Å². The maximum absolute atomic E-state index is 3.91. The van der Waals surface area contributed by atoms with Crippen molar-refractivity contribution in [3.05, 3.63) is 36.0 Å². The number of hydrogen-bond donors (Lipinski definition) is 2. The van der Waals surface area contributed by atoms with Crippen LogP contribution >= 0.6 is 0 Å². The Bertz CT molecular complexity index is 678. The van der Waals surface area contributed by atoms with Crippen molar-refractivity contribution in [3.63, 3.8) is 0 Å². The van der Waals surface area contributed by atoms with Crippen molar-refractivity contribution in [1.29, 1.82) is 0 Å². The third-order valence-electron chi connectivity index (χ3n) is 7.28. The van der Waals surface area contributed by atoms with Gasteiger partial charge in [-0.15, -0.1) is 0 Å². The Balaban J connectivity index is 1.33. The van der Waals surface area contributed by atoms with E-state index in [1.165, 1.54) is 55.0 Å². The molecule has 4 saturated carbocycles. The van der Waals surface area contributed by atoms with E-state index in [1.54, 1.807) is 0 Å². The van der Waals surface area contributed by atoms with Crippen LogP contribution in [0.1, 0.15) is 51.0 Å². The maximum atomic E-state index is 3.91. The molecule has 0 radical (unpaired) electrons. The van der Waals surface area contributed by atoms with E-state index in [1.807, 2.05) is 0 Å². The quantitative estimate of drug-likeness (QED) is 0.829. The molecule has 4 aliphatic carbocycles. The van der Waals surface area contributed by atoms with Gasteiger partial charge in [0.15, 0.2) is 0 Å². The summed E-state index contributed by atoms with van der Waals surface area (Å²) in [5, 5.41) is 5.29. The standard InChI is InChI=1S/C21H28N2/c1-14(21-9-15-6-16(10-21)8-17(7-15)11-21)22-12-18-13-23-20-5-3-2-4-19(18)20/h2-5,13-17,22-23H,6-12H2,1H3. The van der Waals surface area contributed by atoms with E-state index < -0.39 is 0 Å². The molecule has 0 saturated heterocycles. The molecule has 2 N–H and O–H groups in total. The first kappa shape index (κ1) is 14.1. The van der Waals surface area contributed by atoms with Gasteiger partial charge in [-0.3, -0.25) is 0 Å². The lowest BCUT2D eigenvalue weighted by molar-refractivity contribution is -0.0706. The highest BCUT2D eigenvalue weighted by molar-refractivity contribution is 5.82. The highest BCUT2D eigenvalue weighted by Gasteiger charge is 2.52. The molecule has 2 nitrogen and oxygen atoms in total. The molecule has 1 aromatic carbocycles. The number of aromatic nitrogens is 1. The molecule has 2 heteroatoms. The molecule has 1 aromatic heterocycles. The van der Waals surface area contributed by atoms with Crippen LogP contribution in [0, 0.1) is 23.2 Å².